The SMILES string of the molecule is CCCSC1=N/C(=C/c2cccc(OC(C)=O)c2Cl)C(=O)S1. The van der Waals surface area contributed by atoms with Gasteiger partial charge in [0, 0.05) is 6.92 Å². The number of carbonyl (C=O) groups excluding carboxylic acids is 2. The van der Waals surface area contributed by atoms with Crippen molar-refractivity contribution in [3.8, 4) is 5.75 Å². The molecule has 0 saturated carbocycles. The lowest BCUT2D eigenvalue weighted by atomic mass is 10.2. The number of hydrogen-bond donors (Lipinski definition) is 0. The van der Waals surface area contributed by atoms with E-state index < -0.39 is 5.97 Å². The maximum absolute atomic E-state index is 12.0. The second kappa shape index (κ2) is 7.85. The monoisotopic (exact) mass is 355 g/mol. The molecule has 0 spiro atoms. The minimum atomic E-state index is -0.449. The van der Waals surface area contributed by atoms with Crippen molar-refractivity contribution >= 4 is 56.7 Å². The molecule has 0 atom stereocenters. The Bertz CT molecular complexity index is 671. The van der Waals surface area contributed by atoms with Crippen LogP contribution in [0.2, 0.25) is 5.02 Å². The summed E-state index contributed by atoms with van der Waals surface area (Å²) in [6.45, 7) is 3.38. The van der Waals surface area contributed by atoms with Crippen LogP contribution in [0.15, 0.2) is 28.9 Å². The van der Waals surface area contributed by atoms with E-state index in [0.717, 1.165) is 28.3 Å². The molecular formula is C15H14ClNO3S2. The Kier molecular flexibility index (Phi) is 6.11. The van der Waals surface area contributed by atoms with E-state index in [1.54, 1.807) is 36.0 Å². The summed E-state index contributed by atoms with van der Waals surface area (Å²) in [5.41, 5.74) is 0.945. The molecule has 0 fully saturated rings. The van der Waals surface area contributed by atoms with Crippen molar-refractivity contribution in [2.45, 2.75) is 20.3 Å². The van der Waals surface area contributed by atoms with Crippen LogP contribution in [0.4, 0.5) is 0 Å². The highest BCUT2D eigenvalue weighted by Gasteiger charge is 2.22. The number of ether oxygens (including phenoxy) is 1. The average molecular weight is 356 g/mol. The molecule has 0 radical (unpaired) electrons. The van der Waals surface area contributed by atoms with Gasteiger partial charge in [0.05, 0.1) is 5.02 Å². The average Bonchev–Trinajstić information content (AvgIpc) is 2.81. The molecule has 1 aliphatic heterocycles. The first-order valence-electron chi connectivity index (χ1n) is 6.63. The normalized spacial score (nSPS) is 16.0. The van der Waals surface area contributed by atoms with Gasteiger partial charge in [-0.2, -0.15) is 0 Å². The van der Waals surface area contributed by atoms with Crippen molar-refractivity contribution in [2.75, 3.05) is 5.75 Å². The highest BCUT2D eigenvalue weighted by molar-refractivity contribution is 8.45. The van der Waals surface area contributed by atoms with Crippen LogP contribution in [0.3, 0.4) is 0 Å². The Morgan fingerprint density at radius 1 is 1.50 bits per heavy atom. The molecule has 0 bridgehead atoms. The molecule has 0 aliphatic carbocycles. The predicted octanol–water partition coefficient (Wildman–Crippen LogP) is 4.38. The summed E-state index contributed by atoms with van der Waals surface area (Å²) in [4.78, 5) is 27.3. The van der Waals surface area contributed by atoms with Crippen LogP contribution in [0, 0.1) is 0 Å². The summed E-state index contributed by atoms with van der Waals surface area (Å²) in [5.74, 6) is 0.747. The molecule has 1 aliphatic rings. The quantitative estimate of drug-likeness (QED) is 0.455. The lowest BCUT2D eigenvalue weighted by Crippen LogP contribution is -2.02. The van der Waals surface area contributed by atoms with Crippen molar-refractivity contribution in [1.29, 1.82) is 0 Å². The number of aliphatic imine (C=N–C) groups is 1. The number of carbonyl (C=O) groups is 2. The van der Waals surface area contributed by atoms with Crippen LogP contribution >= 0.6 is 35.1 Å². The van der Waals surface area contributed by atoms with Crippen LogP contribution in [0.1, 0.15) is 25.8 Å². The van der Waals surface area contributed by atoms with Gasteiger partial charge in [-0.3, -0.25) is 9.59 Å². The second-order valence-corrected chi connectivity index (χ2v) is 7.08. The first-order chi connectivity index (χ1) is 10.5. The number of halogens is 1. The minimum Gasteiger partial charge on any atom is -0.425 e. The Labute approximate surface area is 142 Å². The van der Waals surface area contributed by atoms with Crippen LogP contribution in [-0.2, 0) is 9.59 Å². The van der Waals surface area contributed by atoms with Crippen LogP contribution in [0.25, 0.3) is 6.08 Å². The molecule has 1 aromatic rings. The van der Waals surface area contributed by atoms with Gasteiger partial charge in [-0.15, -0.1) is 0 Å². The fourth-order valence-electron chi connectivity index (χ4n) is 1.66. The fraction of sp³-hybridized carbons (Fsp3) is 0.267. The first-order valence-corrected chi connectivity index (χ1v) is 8.81. The first kappa shape index (κ1) is 17.1. The van der Waals surface area contributed by atoms with Gasteiger partial charge < -0.3 is 4.74 Å². The van der Waals surface area contributed by atoms with Gasteiger partial charge >= 0.3 is 5.97 Å². The van der Waals surface area contributed by atoms with Gasteiger partial charge in [-0.1, -0.05) is 42.4 Å². The zero-order valence-corrected chi connectivity index (χ0v) is 14.5. The van der Waals surface area contributed by atoms with Gasteiger partial charge in [0.15, 0.2) is 0 Å². The number of esters is 1. The molecule has 0 amide bonds. The van der Waals surface area contributed by atoms with E-state index in [-0.39, 0.29) is 15.9 Å². The zero-order chi connectivity index (χ0) is 16.1. The predicted molar refractivity (Wildman–Crippen MR) is 93.5 cm³/mol. The second-order valence-electron chi connectivity index (χ2n) is 4.40. The third kappa shape index (κ3) is 4.38. The fourth-order valence-corrected chi connectivity index (χ4v) is 3.65. The Balaban J connectivity index is 2.27. The molecular weight excluding hydrogens is 342 g/mol. The Morgan fingerprint density at radius 3 is 2.95 bits per heavy atom. The van der Waals surface area contributed by atoms with Crippen molar-refractivity contribution < 1.29 is 14.3 Å². The third-order valence-corrected chi connectivity index (χ3v) is 5.19. The van der Waals surface area contributed by atoms with Crippen LogP contribution < -0.4 is 4.74 Å². The molecule has 0 N–H and O–H groups in total. The smallest absolute Gasteiger partial charge is 0.308 e. The molecule has 1 heterocycles. The van der Waals surface area contributed by atoms with Crippen LogP contribution in [-0.4, -0.2) is 21.2 Å². The summed E-state index contributed by atoms with van der Waals surface area (Å²) in [6.07, 6.45) is 2.64. The molecule has 116 valence electrons. The highest BCUT2D eigenvalue weighted by atomic mass is 35.5. The number of hydrogen-bond acceptors (Lipinski definition) is 6. The summed E-state index contributed by atoms with van der Waals surface area (Å²) >= 11 is 8.90. The molecule has 7 heteroatoms. The van der Waals surface area contributed by atoms with Gasteiger partial charge in [-0.05, 0) is 41.6 Å². The molecule has 1 aromatic carbocycles. The van der Waals surface area contributed by atoms with E-state index in [9.17, 15) is 9.59 Å². The van der Waals surface area contributed by atoms with E-state index in [1.807, 2.05) is 0 Å². The molecule has 0 aromatic heterocycles. The molecule has 0 saturated heterocycles. The summed E-state index contributed by atoms with van der Waals surface area (Å²) < 4.78 is 5.78. The van der Waals surface area contributed by atoms with Gasteiger partial charge in [-0.25, -0.2) is 4.99 Å². The highest BCUT2D eigenvalue weighted by Crippen LogP contribution is 2.34. The molecule has 4 nitrogen and oxygen atoms in total. The maximum atomic E-state index is 12.0. The topological polar surface area (TPSA) is 55.7 Å². The van der Waals surface area contributed by atoms with E-state index in [1.165, 1.54) is 6.92 Å². The van der Waals surface area contributed by atoms with E-state index >= 15 is 0 Å². The van der Waals surface area contributed by atoms with Crippen molar-refractivity contribution in [3.63, 3.8) is 0 Å². The van der Waals surface area contributed by atoms with E-state index in [0.29, 0.717) is 11.3 Å². The van der Waals surface area contributed by atoms with Crippen molar-refractivity contribution in [1.82, 2.24) is 0 Å². The number of benzene rings is 1. The summed E-state index contributed by atoms with van der Waals surface area (Å²) in [7, 11) is 0. The van der Waals surface area contributed by atoms with Gasteiger partial charge in [0.25, 0.3) is 0 Å². The molecule has 2 rings (SSSR count). The minimum absolute atomic E-state index is 0.104. The van der Waals surface area contributed by atoms with E-state index in [2.05, 4.69) is 11.9 Å². The maximum Gasteiger partial charge on any atom is 0.308 e. The summed E-state index contributed by atoms with van der Waals surface area (Å²) in [6, 6.07) is 5.05. The largest absolute Gasteiger partial charge is 0.425 e. The van der Waals surface area contributed by atoms with Crippen molar-refractivity contribution in [2.24, 2.45) is 4.99 Å². The number of rotatable bonds is 4. The zero-order valence-electron chi connectivity index (χ0n) is 12.1. The number of nitrogens with zero attached hydrogens (tertiary/aromatic N) is 1. The van der Waals surface area contributed by atoms with Crippen molar-refractivity contribution in [3.05, 3.63) is 34.5 Å². The third-order valence-electron chi connectivity index (χ3n) is 2.57. The van der Waals surface area contributed by atoms with E-state index in [4.69, 9.17) is 16.3 Å². The van der Waals surface area contributed by atoms with Crippen LogP contribution in [0.5, 0.6) is 5.75 Å². The lowest BCUT2D eigenvalue weighted by molar-refractivity contribution is -0.131. The Morgan fingerprint density at radius 2 is 2.27 bits per heavy atom. The van der Waals surface area contributed by atoms with Gasteiger partial charge in [0.2, 0.25) is 5.12 Å². The standard InChI is InChI=1S/C15H14ClNO3S2/c1-3-7-21-15-17-11(14(19)22-15)8-10-5-4-6-12(13(10)16)20-9(2)18/h4-6,8H,3,7H2,1-2H3/b11-8+. The summed E-state index contributed by atoms with van der Waals surface area (Å²) in [5, 5.41) is 0.181. The van der Waals surface area contributed by atoms with Gasteiger partial charge in [0.1, 0.15) is 15.8 Å². The Hall–Kier alpha value is -1.24. The molecule has 0 unspecified atom stereocenters. The number of thioether (sulfide) groups is 2. The lowest BCUT2D eigenvalue weighted by Gasteiger charge is -2.06. The molecule has 22 heavy (non-hydrogen) atoms.